The highest BCUT2D eigenvalue weighted by Crippen LogP contribution is 2.18. The average Bonchev–Trinajstić information content (AvgIpc) is 2.84. The van der Waals surface area contributed by atoms with Crippen molar-refractivity contribution in [2.45, 2.75) is 25.3 Å². The first-order chi connectivity index (χ1) is 7.33. The van der Waals surface area contributed by atoms with Gasteiger partial charge in [0.1, 0.15) is 5.82 Å². The second-order valence-corrected chi connectivity index (χ2v) is 3.72. The van der Waals surface area contributed by atoms with E-state index in [4.69, 9.17) is 10.5 Å². The summed E-state index contributed by atoms with van der Waals surface area (Å²) in [6, 6.07) is 0.143. The Balaban J connectivity index is 2.19. The van der Waals surface area contributed by atoms with Crippen LogP contribution < -0.4 is 11.4 Å². The van der Waals surface area contributed by atoms with E-state index < -0.39 is 0 Å². The van der Waals surface area contributed by atoms with Crippen LogP contribution in [0.1, 0.15) is 24.7 Å². The zero-order chi connectivity index (χ0) is 10.7. The molecule has 2 rings (SSSR count). The maximum absolute atomic E-state index is 11.5. The van der Waals surface area contributed by atoms with E-state index in [0.717, 1.165) is 31.7 Å². The molecule has 6 heteroatoms. The van der Waals surface area contributed by atoms with Crippen molar-refractivity contribution < 1.29 is 4.74 Å². The zero-order valence-corrected chi connectivity index (χ0v) is 8.61. The van der Waals surface area contributed by atoms with Crippen LogP contribution in [0.2, 0.25) is 0 Å². The van der Waals surface area contributed by atoms with Crippen LogP contribution in [0.3, 0.4) is 0 Å². The number of hydrogen-bond donors (Lipinski definition) is 2. The Bertz CT molecular complexity index is 364. The number of aromatic nitrogens is 3. The molecule has 15 heavy (non-hydrogen) atoms. The summed E-state index contributed by atoms with van der Waals surface area (Å²) >= 11 is 0. The van der Waals surface area contributed by atoms with E-state index in [1.54, 1.807) is 4.57 Å². The molecule has 84 valence electrons. The van der Waals surface area contributed by atoms with Crippen LogP contribution in [0.5, 0.6) is 0 Å². The highest BCUT2D eigenvalue weighted by molar-refractivity contribution is 4.91. The Morgan fingerprint density at radius 3 is 3.20 bits per heavy atom. The quantitative estimate of drug-likeness (QED) is 0.699. The molecule has 1 aliphatic rings. The molecule has 1 aliphatic heterocycles. The summed E-state index contributed by atoms with van der Waals surface area (Å²) in [5.41, 5.74) is 5.30. The summed E-state index contributed by atoms with van der Waals surface area (Å²) in [7, 11) is 0. The lowest BCUT2D eigenvalue weighted by Gasteiger charge is -2.10. The number of ether oxygens (including phenoxy) is 1. The Morgan fingerprint density at radius 2 is 2.53 bits per heavy atom. The van der Waals surface area contributed by atoms with Gasteiger partial charge in [-0.15, -0.1) is 0 Å². The first-order valence-electron chi connectivity index (χ1n) is 5.26. The number of nitrogens with two attached hydrogens (primary N) is 1. The van der Waals surface area contributed by atoms with Gasteiger partial charge in [0, 0.05) is 13.0 Å². The summed E-state index contributed by atoms with van der Waals surface area (Å²) < 4.78 is 6.98. The van der Waals surface area contributed by atoms with Crippen LogP contribution in [0.25, 0.3) is 0 Å². The van der Waals surface area contributed by atoms with Crippen molar-refractivity contribution in [1.29, 1.82) is 0 Å². The minimum Gasteiger partial charge on any atom is -0.379 e. The molecule has 1 atom stereocenters. The Labute approximate surface area is 87.4 Å². The topological polar surface area (TPSA) is 85.9 Å². The third-order valence-electron chi connectivity index (χ3n) is 2.65. The SMILES string of the molecule is NCCCc1n[nH]c(=O)n1C1CCOC1. The second kappa shape index (κ2) is 4.59. The molecule has 0 amide bonds. The number of nitrogens with one attached hydrogen (secondary N) is 1. The minimum atomic E-state index is -0.141. The van der Waals surface area contributed by atoms with E-state index in [1.165, 1.54) is 0 Å². The number of aryl methyl sites for hydroxylation is 1. The maximum Gasteiger partial charge on any atom is 0.343 e. The largest absolute Gasteiger partial charge is 0.379 e. The maximum atomic E-state index is 11.5. The van der Waals surface area contributed by atoms with Gasteiger partial charge in [-0.25, -0.2) is 9.89 Å². The predicted octanol–water partition coefficient (Wildman–Crippen LogP) is -0.576. The first-order valence-corrected chi connectivity index (χ1v) is 5.26. The van der Waals surface area contributed by atoms with Gasteiger partial charge in [-0.1, -0.05) is 0 Å². The van der Waals surface area contributed by atoms with Gasteiger partial charge >= 0.3 is 5.69 Å². The van der Waals surface area contributed by atoms with Crippen LogP contribution in [0, 0.1) is 0 Å². The lowest BCUT2D eigenvalue weighted by Crippen LogP contribution is -2.24. The van der Waals surface area contributed by atoms with Crippen molar-refractivity contribution in [3.05, 3.63) is 16.3 Å². The van der Waals surface area contributed by atoms with Crippen molar-refractivity contribution in [2.75, 3.05) is 19.8 Å². The summed E-state index contributed by atoms with van der Waals surface area (Å²) in [6.45, 7) is 1.94. The van der Waals surface area contributed by atoms with E-state index in [2.05, 4.69) is 10.2 Å². The molecular formula is C9H16N4O2. The Kier molecular flexibility index (Phi) is 3.17. The van der Waals surface area contributed by atoms with Gasteiger partial charge in [0.25, 0.3) is 0 Å². The molecule has 0 aromatic carbocycles. The molecule has 0 aliphatic carbocycles. The first kappa shape index (κ1) is 10.4. The van der Waals surface area contributed by atoms with E-state index >= 15 is 0 Å². The van der Waals surface area contributed by atoms with Crippen LogP contribution in [0.15, 0.2) is 4.79 Å². The Morgan fingerprint density at radius 1 is 1.67 bits per heavy atom. The van der Waals surface area contributed by atoms with E-state index in [1.807, 2.05) is 0 Å². The number of hydrogen-bond acceptors (Lipinski definition) is 4. The molecule has 1 unspecified atom stereocenters. The standard InChI is InChI=1S/C9H16N4O2/c10-4-1-2-8-11-12-9(14)13(8)7-3-5-15-6-7/h7H,1-6,10H2,(H,12,14). The van der Waals surface area contributed by atoms with Crippen LogP contribution in [0.4, 0.5) is 0 Å². The highest BCUT2D eigenvalue weighted by atomic mass is 16.5. The summed E-state index contributed by atoms with van der Waals surface area (Å²) in [5.74, 6) is 0.793. The molecule has 1 aromatic rings. The summed E-state index contributed by atoms with van der Waals surface area (Å²) in [5, 5.41) is 6.50. The van der Waals surface area contributed by atoms with Gasteiger partial charge in [-0.05, 0) is 19.4 Å². The third-order valence-corrected chi connectivity index (χ3v) is 2.65. The average molecular weight is 212 g/mol. The summed E-state index contributed by atoms with van der Waals surface area (Å²) in [6.07, 6.45) is 2.47. The monoisotopic (exact) mass is 212 g/mol. The zero-order valence-electron chi connectivity index (χ0n) is 8.61. The molecule has 0 radical (unpaired) electrons. The third kappa shape index (κ3) is 2.10. The second-order valence-electron chi connectivity index (χ2n) is 3.72. The molecular weight excluding hydrogens is 196 g/mol. The number of aromatic amines is 1. The van der Waals surface area contributed by atoms with Crippen molar-refractivity contribution >= 4 is 0 Å². The Hall–Kier alpha value is -1.14. The smallest absolute Gasteiger partial charge is 0.343 e. The van der Waals surface area contributed by atoms with Gasteiger partial charge in [0.2, 0.25) is 0 Å². The minimum absolute atomic E-state index is 0.141. The van der Waals surface area contributed by atoms with Crippen molar-refractivity contribution in [1.82, 2.24) is 14.8 Å². The highest BCUT2D eigenvalue weighted by Gasteiger charge is 2.22. The lowest BCUT2D eigenvalue weighted by atomic mass is 10.2. The van der Waals surface area contributed by atoms with Gasteiger partial charge in [-0.3, -0.25) is 4.57 Å². The van der Waals surface area contributed by atoms with Crippen molar-refractivity contribution in [3.8, 4) is 0 Å². The number of nitrogens with zero attached hydrogens (tertiary/aromatic N) is 2. The lowest BCUT2D eigenvalue weighted by molar-refractivity contribution is 0.185. The van der Waals surface area contributed by atoms with Crippen LogP contribution in [-0.4, -0.2) is 34.5 Å². The number of rotatable bonds is 4. The fourth-order valence-corrected chi connectivity index (χ4v) is 1.88. The van der Waals surface area contributed by atoms with Crippen LogP contribution >= 0.6 is 0 Å². The normalized spacial score (nSPS) is 21.0. The summed E-state index contributed by atoms with van der Waals surface area (Å²) in [4.78, 5) is 11.5. The van der Waals surface area contributed by atoms with Crippen molar-refractivity contribution in [2.24, 2.45) is 5.73 Å². The number of H-pyrrole nitrogens is 1. The predicted molar refractivity (Wildman–Crippen MR) is 54.7 cm³/mol. The molecule has 0 bridgehead atoms. The van der Waals surface area contributed by atoms with Gasteiger partial charge < -0.3 is 10.5 Å². The van der Waals surface area contributed by atoms with E-state index in [9.17, 15) is 4.79 Å². The molecule has 3 N–H and O–H groups in total. The molecule has 2 heterocycles. The molecule has 6 nitrogen and oxygen atoms in total. The fourth-order valence-electron chi connectivity index (χ4n) is 1.88. The molecule has 1 fully saturated rings. The van der Waals surface area contributed by atoms with E-state index in [0.29, 0.717) is 13.2 Å². The van der Waals surface area contributed by atoms with Gasteiger partial charge in [0.05, 0.1) is 12.6 Å². The van der Waals surface area contributed by atoms with Gasteiger partial charge in [0.15, 0.2) is 0 Å². The van der Waals surface area contributed by atoms with E-state index in [-0.39, 0.29) is 11.7 Å². The fraction of sp³-hybridized carbons (Fsp3) is 0.778. The van der Waals surface area contributed by atoms with Crippen LogP contribution in [-0.2, 0) is 11.2 Å². The molecule has 0 saturated carbocycles. The molecule has 1 saturated heterocycles. The van der Waals surface area contributed by atoms with Crippen molar-refractivity contribution in [3.63, 3.8) is 0 Å². The molecule has 1 aromatic heterocycles. The van der Waals surface area contributed by atoms with Gasteiger partial charge in [-0.2, -0.15) is 5.10 Å². The molecule has 0 spiro atoms.